The lowest BCUT2D eigenvalue weighted by Gasteiger charge is -2.21. The molecule has 180 valence electrons. The second-order valence-electron chi connectivity index (χ2n) is 8.02. The molecule has 2 aromatic rings. The fourth-order valence-corrected chi connectivity index (χ4v) is 2.64. The summed E-state index contributed by atoms with van der Waals surface area (Å²) in [6, 6.07) is 7.55. The summed E-state index contributed by atoms with van der Waals surface area (Å²) in [6.07, 6.45) is -9.71. The molecule has 0 aliphatic heterocycles. The number of amides is 1. The molecule has 0 N–H and O–H groups in total. The Morgan fingerprint density at radius 2 is 1.48 bits per heavy atom. The van der Waals surface area contributed by atoms with Crippen molar-refractivity contribution in [1.82, 2.24) is 0 Å². The minimum atomic E-state index is -5.04. The van der Waals surface area contributed by atoms with Crippen molar-refractivity contribution in [3.63, 3.8) is 0 Å². The van der Waals surface area contributed by atoms with Gasteiger partial charge in [0, 0.05) is 18.3 Å². The summed E-state index contributed by atoms with van der Waals surface area (Å²) in [5, 5.41) is 0. The van der Waals surface area contributed by atoms with Gasteiger partial charge in [-0.25, -0.2) is 4.79 Å². The van der Waals surface area contributed by atoms with Crippen LogP contribution >= 0.6 is 0 Å². The van der Waals surface area contributed by atoms with Gasteiger partial charge in [-0.3, -0.25) is 4.79 Å². The lowest BCUT2D eigenvalue weighted by molar-refractivity contribution is -0.170. The third-order valence-electron chi connectivity index (χ3n) is 4.22. The summed E-state index contributed by atoms with van der Waals surface area (Å²) in [5.41, 5.74) is -2.24. The third-order valence-corrected chi connectivity index (χ3v) is 4.22. The average molecular weight is 477 g/mol. The van der Waals surface area contributed by atoms with Crippen LogP contribution in [0.3, 0.4) is 0 Å². The van der Waals surface area contributed by atoms with Crippen LogP contribution in [-0.4, -0.2) is 30.7 Å². The number of esters is 1. The number of hydrogen-bond donors (Lipinski definition) is 0. The van der Waals surface area contributed by atoms with Crippen LogP contribution in [-0.2, 0) is 22.3 Å². The van der Waals surface area contributed by atoms with Crippen molar-refractivity contribution in [3.8, 4) is 5.75 Å². The number of carbonyl (C=O) groups is 2. The summed E-state index contributed by atoms with van der Waals surface area (Å²) >= 11 is 0. The smallest absolute Gasteiger partial charge is 0.471 e. The Morgan fingerprint density at radius 3 is 1.97 bits per heavy atom. The van der Waals surface area contributed by atoms with Crippen LogP contribution in [0.15, 0.2) is 42.5 Å². The molecule has 0 bridgehead atoms. The van der Waals surface area contributed by atoms with Crippen molar-refractivity contribution in [1.29, 1.82) is 0 Å². The molecule has 5 nitrogen and oxygen atoms in total. The number of nitrogens with zero attached hydrogens (tertiary/aromatic N) is 1. The Labute approximate surface area is 185 Å². The van der Waals surface area contributed by atoms with Crippen LogP contribution < -0.4 is 9.64 Å². The maximum absolute atomic E-state index is 13.1. The Morgan fingerprint density at radius 1 is 0.909 bits per heavy atom. The van der Waals surface area contributed by atoms with E-state index in [9.17, 15) is 35.9 Å². The van der Waals surface area contributed by atoms with Gasteiger partial charge in [0.2, 0.25) is 0 Å². The van der Waals surface area contributed by atoms with Gasteiger partial charge in [-0.2, -0.15) is 26.3 Å². The van der Waals surface area contributed by atoms with Crippen LogP contribution in [0.5, 0.6) is 5.75 Å². The molecule has 0 unspecified atom stereocenters. The standard InChI is InChI=1S/C22H21F6NO4/c1-20(2,3)33-18(30)17-11-14(21(23,24)25)6-5-13(17)12-32-16-9-7-15(8-10-16)29(4)19(31)22(26,27)28/h5-11H,12H2,1-4H3. The van der Waals surface area contributed by atoms with E-state index >= 15 is 0 Å². The molecule has 0 aliphatic carbocycles. The van der Waals surface area contributed by atoms with Crippen LogP contribution in [0.1, 0.15) is 42.3 Å². The highest BCUT2D eigenvalue weighted by Crippen LogP contribution is 2.32. The molecule has 0 saturated carbocycles. The normalized spacial score (nSPS) is 12.3. The number of ether oxygens (including phenoxy) is 2. The molecule has 33 heavy (non-hydrogen) atoms. The summed E-state index contributed by atoms with van der Waals surface area (Å²) in [6.45, 7) is 4.38. The predicted octanol–water partition coefficient (Wildman–Crippen LogP) is 5.76. The fraction of sp³-hybridized carbons (Fsp3) is 0.364. The van der Waals surface area contributed by atoms with Crippen LogP contribution in [0.2, 0.25) is 0 Å². The molecular weight excluding hydrogens is 456 g/mol. The molecule has 1 amide bonds. The highest BCUT2D eigenvalue weighted by Gasteiger charge is 2.41. The number of rotatable bonds is 5. The van der Waals surface area contributed by atoms with Gasteiger partial charge in [0.15, 0.2) is 0 Å². The van der Waals surface area contributed by atoms with E-state index < -0.39 is 35.4 Å². The van der Waals surface area contributed by atoms with Gasteiger partial charge >= 0.3 is 24.2 Å². The van der Waals surface area contributed by atoms with E-state index in [2.05, 4.69) is 0 Å². The van der Waals surface area contributed by atoms with Crippen LogP contribution in [0, 0.1) is 0 Å². The molecule has 0 fully saturated rings. The highest BCUT2D eigenvalue weighted by atomic mass is 19.4. The minimum absolute atomic E-state index is 0.0475. The van der Waals surface area contributed by atoms with Crippen molar-refractivity contribution < 1.29 is 45.4 Å². The van der Waals surface area contributed by atoms with E-state index in [1.54, 1.807) is 20.8 Å². The van der Waals surface area contributed by atoms with E-state index in [4.69, 9.17) is 9.47 Å². The topological polar surface area (TPSA) is 55.8 Å². The monoisotopic (exact) mass is 477 g/mol. The Hall–Kier alpha value is -3.24. The first-order valence-electron chi connectivity index (χ1n) is 9.50. The molecule has 0 aromatic heterocycles. The first-order chi connectivity index (χ1) is 15.0. The van der Waals surface area contributed by atoms with E-state index in [-0.39, 0.29) is 29.2 Å². The zero-order valence-electron chi connectivity index (χ0n) is 18.1. The Kier molecular flexibility index (Phi) is 7.35. The van der Waals surface area contributed by atoms with Crippen molar-refractivity contribution >= 4 is 17.6 Å². The molecule has 0 heterocycles. The third kappa shape index (κ3) is 7.13. The zero-order valence-corrected chi connectivity index (χ0v) is 18.1. The molecule has 0 radical (unpaired) electrons. The van der Waals surface area contributed by atoms with Crippen molar-refractivity contribution in [2.45, 2.75) is 45.3 Å². The van der Waals surface area contributed by atoms with Crippen molar-refractivity contribution in [2.24, 2.45) is 0 Å². The number of carbonyl (C=O) groups excluding carboxylic acids is 2. The van der Waals surface area contributed by atoms with Gasteiger partial charge in [-0.1, -0.05) is 6.07 Å². The SMILES string of the molecule is CN(C(=O)C(F)(F)F)c1ccc(OCc2ccc(C(F)(F)F)cc2C(=O)OC(C)(C)C)cc1. The maximum atomic E-state index is 13.1. The molecular formula is C22H21F6NO4. The van der Waals surface area contributed by atoms with Crippen LogP contribution in [0.4, 0.5) is 32.0 Å². The molecule has 0 atom stereocenters. The van der Waals surface area contributed by atoms with E-state index in [1.807, 2.05) is 0 Å². The largest absolute Gasteiger partial charge is 0.489 e. The number of anilines is 1. The molecule has 0 saturated heterocycles. The van der Waals surface area contributed by atoms with Gasteiger partial charge in [-0.05, 0) is 57.2 Å². The summed E-state index contributed by atoms with van der Waals surface area (Å²) in [5.74, 6) is -2.86. The van der Waals surface area contributed by atoms with Crippen molar-refractivity contribution in [3.05, 3.63) is 59.2 Å². The molecule has 0 aliphatic rings. The molecule has 11 heteroatoms. The van der Waals surface area contributed by atoms with Gasteiger partial charge in [-0.15, -0.1) is 0 Å². The minimum Gasteiger partial charge on any atom is -0.489 e. The second kappa shape index (κ2) is 9.32. The Bertz CT molecular complexity index is 1010. The first kappa shape index (κ1) is 26.0. The molecule has 0 spiro atoms. The number of alkyl halides is 6. The summed E-state index contributed by atoms with van der Waals surface area (Å²) < 4.78 is 87.7. The van der Waals surface area contributed by atoms with E-state index in [1.165, 1.54) is 24.3 Å². The molecule has 2 rings (SSSR count). The number of halogens is 6. The van der Waals surface area contributed by atoms with Gasteiger partial charge < -0.3 is 14.4 Å². The van der Waals surface area contributed by atoms with Crippen LogP contribution in [0.25, 0.3) is 0 Å². The number of hydrogen-bond acceptors (Lipinski definition) is 4. The summed E-state index contributed by atoms with van der Waals surface area (Å²) in [7, 11) is 0.959. The van der Waals surface area contributed by atoms with Gasteiger partial charge in [0.1, 0.15) is 18.0 Å². The second-order valence-corrected chi connectivity index (χ2v) is 8.02. The highest BCUT2D eigenvalue weighted by molar-refractivity contribution is 5.96. The average Bonchev–Trinajstić information content (AvgIpc) is 2.68. The lowest BCUT2D eigenvalue weighted by Crippen LogP contribution is -2.38. The van der Waals surface area contributed by atoms with Gasteiger partial charge in [0.25, 0.3) is 0 Å². The van der Waals surface area contributed by atoms with E-state index in [0.29, 0.717) is 11.0 Å². The quantitative estimate of drug-likeness (QED) is 0.406. The van der Waals surface area contributed by atoms with Crippen molar-refractivity contribution in [2.75, 3.05) is 11.9 Å². The maximum Gasteiger partial charge on any atom is 0.471 e. The first-order valence-corrected chi connectivity index (χ1v) is 9.50. The van der Waals surface area contributed by atoms with Gasteiger partial charge in [0.05, 0.1) is 11.1 Å². The van der Waals surface area contributed by atoms with E-state index in [0.717, 1.165) is 19.2 Å². The Balaban J connectivity index is 2.23. The number of benzene rings is 2. The fourth-order valence-electron chi connectivity index (χ4n) is 2.64. The zero-order chi connectivity index (χ0) is 25.2. The predicted molar refractivity (Wildman–Crippen MR) is 107 cm³/mol. The summed E-state index contributed by atoms with van der Waals surface area (Å²) in [4.78, 5) is 24.2. The molecule has 2 aromatic carbocycles. The lowest BCUT2D eigenvalue weighted by atomic mass is 10.0.